The molecule has 5 rings (SSSR count). The molecule has 11 heteroatoms. The molecule has 0 spiro atoms. The lowest BCUT2D eigenvalue weighted by atomic mass is 10.1. The Morgan fingerprint density at radius 1 is 1.02 bits per heavy atom. The quantitative estimate of drug-likeness (QED) is 0.234. The summed E-state index contributed by atoms with van der Waals surface area (Å²) in [4.78, 5) is 39.7. The van der Waals surface area contributed by atoms with Gasteiger partial charge in [-0.05, 0) is 75.4 Å². The summed E-state index contributed by atoms with van der Waals surface area (Å²) in [6.45, 7) is 5.31. The number of hydrogen-bond acceptors (Lipinski definition) is 7. The van der Waals surface area contributed by atoms with E-state index in [9.17, 15) is 14.0 Å². The molecule has 3 aromatic heterocycles. The fourth-order valence-corrected chi connectivity index (χ4v) is 4.30. The standard InChI is InChI=1S/C30H26ClFN6O3/c1-30(2,3)41-29(40)36-21-8-6-9-23(15-21)38-26-19(13-18(27(38)39)14-20-7-4-5-12-33-20)17-34-28(37-26)35-22-10-11-25(32)24(31)16-22/h4-13,15-17H,14H2,1-3H3,(H,36,40)(H,34,35,37). The molecule has 5 aromatic rings. The number of fused-ring (bicyclic) bond motifs is 1. The van der Waals surface area contributed by atoms with E-state index in [1.54, 1.807) is 63.5 Å². The van der Waals surface area contributed by atoms with Gasteiger partial charge in [-0.25, -0.2) is 14.2 Å². The van der Waals surface area contributed by atoms with Crippen molar-refractivity contribution in [1.82, 2.24) is 19.5 Å². The lowest BCUT2D eigenvalue weighted by molar-refractivity contribution is 0.0636. The third-order valence-electron chi connectivity index (χ3n) is 5.84. The summed E-state index contributed by atoms with van der Waals surface area (Å²) in [6.07, 6.45) is 2.93. The van der Waals surface area contributed by atoms with Gasteiger partial charge in [-0.2, -0.15) is 4.98 Å². The molecule has 0 unspecified atom stereocenters. The van der Waals surface area contributed by atoms with Crippen molar-refractivity contribution in [3.8, 4) is 5.69 Å². The van der Waals surface area contributed by atoms with Gasteiger partial charge in [-0.1, -0.05) is 23.7 Å². The molecule has 0 radical (unpaired) electrons. The van der Waals surface area contributed by atoms with Crippen molar-refractivity contribution in [3.05, 3.63) is 112 Å². The smallest absolute Gasteiger partial charge is 0.412 e. The zero-order valence-electron chi connectivity index (χ0n) is 22.5. The van der Waals surface area contributed by atoms with Crippen LogP contribution >= 0.6 is 11.6 Å². The van der Waals surface area contributed by atoms with Crippen molar-refractivity contribution < 1.29 is 13.9 Å². The Kier molecular flexibility index (Phi) is 7.67. The van der Waals surface area contributed by atoms with Crippen LogP contribution in [0.1, 0.15) is 32.0 Å². The van der Waals surface area contributed by atoms with Crippen LogP contribution < -0.4 is 16.2 Å². The first kappa shape index (κ1) is 27.7. The monoisotopic (exact) mass is 572 g/mol. The summed E-state index contributed by atoms with van der Waals surface area (Å²) >= 11 is 5.93. The normalized spacial score (nSPS) is 11.3. The van der Waals surface area contributed by atoms with Crippen LogP contribution in [0.15, 0.2) is 83.9 Å². The maximum atomic E-state index is 13.9. The number of rotatable bonds is 6. The Morgan fingerprint density at radius 3 is 2.59 bits per heavy atom. The molecule has 41 heavy (non-hydrogen) atoms. The minimum atomic E-state index is -0.677. The van der Waals surface area contributed by atoms with Gasteiger partial charge < -0.3 is 10.1 Å². The van der Waals surface area contributed by atoms with E-state index in [1.165, 1.54) is 22.8 Å². The summed E-state index contributed by atoms with van der Waals surface area (Å²) in [6, 6.07) is 18.2. The molecule has 208 valence electrons. The number of amides is 1. The van der Waals surface area contributed by atoms with Gasteiger partial charge in [0, 0.05) is 46.8 Å². The van der Waals surface area contributed by atoms with Crippen LogP contribution in [0.25, 0.3) is 16.7 Å². The maximum absolute atomic E-state index is 13.9. The first-order chi connectivity index (χ1) is 19.6. The Hall–Kier alpha value is -4.83. The second-order valence-corrected chi connectivity index (χ2v) is 10.6. The van der Waals surface area contributed by atoms with Gasteiger partial charge in [0.1, 0.15) is 11.4 Å². The molecule has 0 aliphatic rings. The first-order valence-corrected chi connectivity index (χ1v) is 13.1. The number of pyridine rings is 2. The number of anilines is 3. The van der Waals surface area contributed by atoms with E-state index in [4.69, 9.17) is 16.3 Å². The number of nitrogens with zero attached hydrogens (tertiary/aromatic N) is 4. The van der Waals surface area contributed by atoms with Crippen LogP contribution in [-0.2, 0) is 11.2 Å². The summed E-state index contributed by atoms with van der Waals surface area (Å²) in [5.41, 5.74) is 1.90. The molecule has 0 aliphatic carbocycles. The summed E-state index contributed by atoms with van der Waals surface area (Å²) in [5.74, 6) is -0.375. The van der Waals surface area contributed by atoms with Gasteiger partial charge in [-0.15, -0.1) is 0 Å². The lowest BCUT2D eigenvalue weighted by Gasteiger charge is -2.20. The number of hydrogen-bond donors (Lipinski definition) is 2. The number of carbonyl (C=O) groups is 1. The molecule has 0 saturated heterocycles. The molecule has 0 aliphatic heterocycles. The van der Waals surface area contributed by atoms with Crippen LogP contribution in [0.5, 0.6) is 0 Å². The van der Waals surface area contributed by atoms with Crippen molar-refractivity contribution in [2.24, 2.45) is 0 Å². The van der Waals surface area contributed by atoms with E-state index >= 15 is 0 Å². The van der Waals surface area contributed by atoms with Crippen LogP contribution in [0.3, 0.4) is 0 Å². The number of halogens is 2. The van der Waals surface area contributed by atoms with Crippen molar-refractivity contribution in [3.63, 3.8) is 0 Å². The highest BCUT2D eigenvalue weighted by atomic mass is 35.5. The van der Waals surface area contributed by atoms with Crippen molar-refractivity contribution in [2.45, 2.75) is 32.8 Å². The average Bonchev–Trinajstić information content (AvgIpc) is 2.91. The number of benzene rings is 2. The Labute approximate surface area is 240 Å². The van der Waals surface area contributed by atoms with Crippen LogP contribution in [-0.4, -0.2) is 31.2 Å². The largest absolute Gasteiger partial charge is 0.444 e. The van der Waals surface area contributed by atoms with Crippen LogP contribution in [0.4, 0.5) is 26.5 Å². The fourth-order valence-electron chi connectivity index (χ4n) is 4.12. The second-order valence-electron chi connectivity index (χ2n) is 10.2. The number of ether oxygens (including phenoxy) is 1. The molecule has 0 bridgehead atoms. The molecular formula is C30H26ClFN6O3. The van der Waals surface area contributed by atoms with Gasteiger partial charge in [-0.3, -0.25) is 19.7 Å². The Balaban J connectivity index is 1.61. The SMILES string of the molecule is CC(C)(C)OC(=O)Nc1cccc(-n2c(=O)c(Cc3ccccn3)cc3cnc(Nc4ccc(F)c(Cl)c4)nc32)c1. The highest BCUT2D eigenvalue weighted by Crippen LogP contribution is 2.24. The van der Waals surface area contributed by atoms with Crippen molar-refractivity contribution in [1.29, 1.82) is 0 Å². The molecule has 3 heterocycles. The summed E-state index contributed by atoms with van der Waals surface area (Å²) in [7, 11) is 0. The molecule has 1 amide bonds. The number of nitrogens with one attached hydrogen (secondary N) is 2. The zero-order chi connectivity index (χ0) is 29.1. The van der Waals surface area contributed by atoms with Gasteiger partial charge in [0.05, 0.1) is 10.7 Å². The third kappa shape index (κ3) is 6.67. The predicted molar refractivity (Wildman–Crippen MR) is 157 cm³/mol. The van der Waals surface area contributed by atoms with E-state index in [2.05, 4.69) is 25.6 Å². The minimum absolute atomic E-state index is 0.0545. The molecular weight excluding hydrogens is 547 g/mol. The van der Waals surface area contributed by atoms with Crippen molar-refractivity contribution >= 4 is 46.1 Å². The Bertz CT molecular complexity index is 1800. The van der Waals surface area contributed by atoms with E-state index in [0.29, 0.717) is 40.1 Å². The summed E-state index contributed by atoms with van der Waals surface area (Å²) in [5, 5.41) is 6.26. The number of carbonyl (C=O) groups excluding carboxylic acids is 1. The van der Waals surface area contributed by atoms with Crippen LogP contribution in [0.2, 0.25) is 5.02 Å². The van der Waals surface area contributed by atoms with E-state index in [1.807, 2.05) is 18.2 Å². The minimum Gasteiger partial charge on any atom is -0.444 e. The van der Waals surface area contributed by atoms with Gasteiger partial charge >= 0.3 is 6.09 Å². The van der Waals surface area contributed by atoms with E-state index in [-0.39, 0.29) is 16.5 Å². The molecule has 0 atom stereocenters. The highest BCUT2D eigenvalue weighted by molar-refractivity contribution is 6.31. The van der Waals surface area contributed by atoms with E-state index < -0.39 is 17.5 Å². The Morgan fingerprint density at radius 2 is 1.85 bits per heavy atom. The fraction of sp³-hybridized carbons (Fsp3) is 0.167. The molecule has 0 saturated carbocycles. The number of aromatic nitrogens is 4. The van der Waals surface area contributed by atoms with Gasteiger partial charge in [0.15, 0.2) is 5.65 Å². The third-order valence-corrected chi connectivity index (χ3v) is 6.13. The van der Waals surface area contributed by atoms with Gasteiger partial charge in [0.2, 0.25) is 5.95 Å². The second kappa shape index (κ2) is 11.3. The average molecular weight is 573 g/mol. The van der Waals surface area contributed by atoms with E-state index in [0.717, 1.165) is 5.69 Å². The zero-order valence-corrected chi connectivity index (χ0v) is 23.2. The van der Waals surface area contributed by atoms with Crippen molar-refractivity contribution in [2.75, 3.05) is 10.6 Å². The molecule has 2 N–H and O–H groups in total. The van der Waals surface area contributed by atoms with Gasteiger partial charge in [0.25, 0.3) is 5.56 Å². The van der Waals surface area contributed by atoms with Crippen LogP contribution in [0, 0.1) is 5.82 Å². The predicted octanol–water partition coefficient (Wildman–Crippen LogP) is 6.65. The maximum Gasteiger partial charge on any atom is 0.412 e. The molecule has 9 nitrogen and oxygen atoms in total. The first-order valence-electron chi connectivity index (χ1n) is 12.7. The highest BCUT2D eigenvalue weighted by Gasteiger charge is 2.18. The lowest BCUT2D eigenvalue weighted by Crippen LogP contribution is -2.27. The molecule has 2 aromatic carbocycles. The topological polar surface area (TPSA) is 111 Å². The molecule has 0 fully saturated rings. The summed E-state index contributed by atoms with van der Waals surface area (Å²) < 4.78 is 20.5.